The first-order valence-corrected chi connectivity index (χ1v) is 8.27. The molecule has 1 aliphatic heterocycles. The van der Waals surface area contributed by atoms with Crippen molar-refractivity contribution >= 4 is 0 Å². The molecule has 0 aromatic heterocycles. The normalized spacial score (nSPS) is 23.9. The fraction of sp³-hybridized carbons (Fsp3) is 0.667. The lowest BCUT2D eigenvalue weighted by atomic mass is 9.93. The molecule has 2 heteroatoms. The van der Waals surface area contributed by atoms with Crippen LogP contribution in [-0.4, -0.2) is 30.6 Å². The summed E-state index contributed by atoms with van der Waals surface area (Å²) in [5.74, 6) is 0.754. The first-order chi connectivity index (χ1) is 9.74. The fourth-order valence-corrected chi connectivity index (χ4v) is 3.31. The van der Waals surface area contributed by atoms with E-state index in [0.29, 0.717) is 6.04 Å². The van der Waals surface area contributed by atoms with Crippen molar-refractivity contribution in [2.24, 2.45) is 5.92 Å². The predicted molar refractivity (Wildman–Crippen MR) is 87.0 cm³/mol. The summed E-state index contributed by atoms with van der Waals surface area (Å²) < 4.78 is 0. The largest absolute Gasteiger partial charge is 0.314 e. The Labute approximate surface area is 124 Å². The van der Waals surface area contributed by atoms with E-state index in [2.05, 4.69) is 55.3 Å². The van der Waals surface area contributed by atoms with Crippen LogP contribution in [0.25, 0.3) is 0 Å². The van der Waals surface area contributed by atoms with Gasteiger partial charge in [-0.05, 0) is 49.4 Å². The molecule has 0 amide bonds. The van der Waals surface area contributed by atoms with Crippen LogP contribution in [-0.2, 0) is 13.0 Å². The van der Waals surface area contributed by atoms with E-state index >= 15 is 0 Å². The van der Waals surface area contributed by atoms with Crippen LogP contribution in [0.5, 0.6) is 0 Å². The molecule has 1 N–H and O–H groups in total. The van der Waals surface area contributed by atoms with E-state index in [1.54, 1.807) is 0 Å². The summed E-state index contributed by atoms with van der Waals surface area (Å²) in [5, 5.41) is 3.70. The third-order valence-electron chi connectivity index (χ3n) is 4.54. The fourth-order valence-electron chi connectivity index (χ4n) is 3.31. The van der Waals surface area contributed by atoms with Gasteiger partial charge in [-0.3, -0.25) is 4.90 Å². The van der Waals surface area contributed by atoms with Gasteiger partial charge in [-0.1, -0.05) is 45.0 Å². The number of nitrogens with zero attached hydrogens (tertiary/aromatic N) is 1. The van der Waals surface area contributed by atoms with Crippen LogP contribution in [0.1, 0.15) is 44.7 Å². The van der Waals surface area contributed by atoms with Crippen LogP contribution in [0.2, 0.25) is 0 Å². The van der Waals surface area contributed by atoms with Gasteiger partial charge in [0.15, 0.2) is 0 Å². The lowest BCUT2D eigenvalue weighted by Gasteiger charge is -2.37. The van der Waals surface area contributed by atoms with Gasteiger partial charge < -0.3 is 5.32 Å². The molecule has 1 heterocycles. The van der Waals surface area contributed by atoms with Crippen molar-refractivity contribution in [1.29, 1.82) is 0 Å². The maximum Gasteiger partial charge on any atom is 0.0236 e. The van der Waals surface area contributed by atoms with Gasteiger partial charge >= 0.3 is 0 Å². The molecule has 20 heavy (non-hydrogen) atoms. The van der Waals surface area contributed by atoms with Crippen molar-refractivity contribution in [1.82, 2.24) is 10.2 Å². The molecular formula is C18H30N2. The molecule has 0 spiro atoms. The highest BCUT2D eigenvalue weighted by Crippen LogP contribution is 2.20. The van der Waals surface area contributed by atoms with E-state index in [1.165, 1.54) is 37.1 Å². The summed E-state index contributed by atoms with van der Waals surface area (Å²) in [4.78, 5) is 2.63. The van der Waals surface area contributed by atoms with Crippen LogP contribution >= 0.6 is 0 Å². The van der Waals surface area contributed by atoms with Crippen LogP contribution in [0, 0.1) is 5.92 Å². The molecule has 0 radical (unpaired) electrons. The van der Waals surface area contributed by atoms with Gasteiger partial charge in [0.2, 0.25) is 0 Å². The minimum absolute atomic E-state index is 0.715. The van der Waals surface area contributed by atoms with E-state index < -0.39 is 0 Å². The zero-order valence-corrected chi connectivity index (χ0v) is 13.4. The molecule has 1 saturated heterocycles. The average Bonchev–Trinajstić information content (AvgIpc) is 2.47. The summed E-state index contributed by atoms with van der Waals surface area (Å²) in [6.45, 7) is 11.6. The molecule has 2 atom stereocenters. The maximum absolute atomic E-state index is 3.70. The minimum atomic E-state index is 0.715. The Bertz CT molecular complexity index is 402. The average molecular weight is 274 g/mol. The Morgan fingerprint density at radius 1 is 1.20 bits per heavy atom. The number of hydrogen-bond donors (Lipinski definition) is 1. The molecule has 112 valence electrons. The highest BCUT2D eigenvalue weighted by atomic mass is 15.1. The molecule has 1 aromatic rings. The van der Waals surface area contributed by atoms with E-state index in [0.717, 1.165) is 25.4 Å². The summed E-state index contributed by atoms with van der Waals surface area (Å²) in [5.41, 5.74) is 3.02. The molecular weight excluding hydrogens is 244 g/mol. The van der Waals surface area contributed by atoms with Crippen molar-refractivity contribution in [2.45, 2.75) is 52.6 Å². The number of nitrogens with one attached hydrogen (secondary N) is 1. The molecule has 1 fully saturated rings. The summed E-state index contributed by atoms with van der Waals surface area (Å²) >= 11 is 0. The summed E-state index contributed by atoms with van der Waals surface area (Å²) in [6, 6.07) is 9.62. The lowest BCUT2D eigenvalue weighted by molar-refractivity contribution is 0.141. The zero-order valence-electron chi connectivity index (χ0n) is 13.4. The van der Waals surface area contributed by atoms with Crippen LogP contribution < -0.4 is 5.32 Å². The molecule has 1 aliphatic rings. The number of hydrogen-bond acceptors (Lipinski definition) is 2. The molecule has 0 bridgehead atoms. The Balaban J connectivity index is 1.89. The van der Waals surface area contributed by atoms with Gasteiger partial charge in [0.25, 0.3) is 0 Å². The Morgan fingerprint density at radius 2 is 1.95 bits per heavy atom. The first-order valence-electron chi connectivity index (χ1n) is 8.27. The highest BCUT2D eigenvalue weighted by molar-refractivity contribution is 5.27. The van der Waals surface area contributed by atoms with Crippen molar-refractivity contribution in [2.75, 3.05) is 19.6 Å². The van der Waals surface area contributed by atoms with E-state index in [1.807, 2.05) is 0 Å². The van der Waals surface area contributed by atoms with Gasteiger partial charge in [-0.2, -0.15) is 0 Å². The van der Waals surface area contributed by atoms with Crippen molar-refractivity contribution in [3.63, 3.8) is 0 Å². The number of likely N-dealkylation sites (tertiary alicyclic amines) is 1. The predicted octanol–water partition coefficient (Wildman–Crippen LogP) is 3.46. The van der Waals surface area contributed by atoms with Crippen LogP contribution in [0.3, 0.4) is 0 Å². The standard InChI is InChI=1S/C18H30N2/c1-4-11-19-18-10-12-20(13-15(18)3)14-17-9-7-6-8-16(17)5-2/h6-9,15,18-19H,4-5,10-14H2,1-3H3. The van der Waals surface area contributed by atoms with Crippen molar-refractivity contribution in [3.8, 4) is 0 Å². The lowest BCUT2D eigenvalue weighted by Crippen LogP contribution is -2.48. The number of piperidine rings is 1. The third-order valence-corrected chi connectivity index (χ3v) is 4.54. The monoisotopic (exact) mass is 274 g/mol. The second kappa shape index (κ2) is 7.80. The first kappa shape index (κ1) is 15.5. The maximum atomic E-state index is 3.70. The second-order valence-corrected chi connectivity index (χ2v) is 6.18. The number of benzene rings is 1. The second-order valence-electron chi connectivity index (χ2n) is 6.18. The topological polar surface area (TPSA) is 15.3 Å². The molecule has 2 unspecified atom stereocenters. The zero-order chi connectivity index (χ0) is 14.4. The van der Waals surface area contributed by atoms with Gasteiger partial charge in [0, 0.05) is 19.1 Å². The molecule has 2 rings (SSSR count). The smallest absolute Gasteiger partial charge is 0.0236 e. The van der Waals surface area contributed by atoms with Crippen LogP contribution in [0.4, 0.5) is 0 Å². The summed E-state index contributed by atoms with van der Waals surface area (Å²) in [7, 11) is 0. The van der Waals surface area contributed by atoms with Gasteiger partial charge in [0.1, 0.15) is 0 Å². The Morgan fingerprint density at radius 3 is 2.60 bits per heavy atom. The third kappa shape index (κ3) is 4.07. The molecule has 2 nitrogen and oxygen atoms in total. The molecule has 0 saturated carbocycles. The van der Waals surface area contributed by atoms with Crippen molar-refractivity contribution in [3.05, 3.63) is 35.4 Å². The van der Waals surface area contributed by atoms with E-state index in [-0.39, 0.29) is 0 Å². The highest BCUT2D eigenvalue weighted by Gasteiger charge is 2.25. The minimum Gasteiger partial charge on any atom is -0.314 e. The van der Waals surface area contributed by atoms with E-state index in [4.69, 9.17) is 0 Å². The van der Waals surface area contributed by atoms with Crippen molar-refractivity contribution < 1.29 is 0 Å². The molecule has 0 aliphatic carbocycles. The van der Waals surface area contributed by atoms with Gasteiger partial charge in [-0.25, -0.2) is 0 Å². The van der Waals surface area contributed by atoms with E-state index in [9.17, 15) is 0 Å². The number of aryl methyl sites for hydroxylation is 1. The summed E-state index contributed by atoms with van der Waals surface area (Å²) in [6.07, 6.45) is 3.66. The SMILES string of the molecule is CCCNC1CCN(Cc2ccccc2CC)CC1C. The quantitative estimate of drug-likeness (QED) is 0.854. The van der Waals surface area contributed by atoms with Gasteiger partial charge in [0.05, 0.1) is 0 Å². The Kier molecular flexibility index (Phi) is 6.06. The number of rotatable bonds is 6. The van der Waals surface area contributed by atoms with Crippen LogP contribution in [0.15, 0.2) is 24.3 Å². The Hall–Kier alpha value is -0.860. The molecule has 1 aromatic carbocycles. The van der Waals surface area contributed by atoms with Gasteiger partial charge in [-0.15, -0.1) is 0 Å².